The van der Waals surface area contributed by atoms with E-state index in [-0.39, 0.29) is 11.8 Å². The standard InChI is InChI=1S/C27H28F3NO/c1-17-6-8-19-12-15-23(16-21(19)9-7-17)31-26(32)24-5-3-4-18(2)25(24)20-10-13-22(14-11-20)27(28,29)30/h3,5,10-18H,4,6-9H2,1-2H3,(H,31,32). The molecule has 5 heteroatoms. The summed E-state index contributed by atoms with van der Waals surface area (Å²) < 4.78 is 38.9. The number of hydrogen-bond donors (Lipinski definition) is 1. The van der Waals surface area contributed by atoms with E-state index in [9.17, 15) is 18.0 Å². The van der Waals surface area contributed by atoms with Crippen LogP contribution in [0.5, 0.6) is 0 Å². The maximum atomic E-state index is 13.2. The minimum absolute atomic E-state index is 0.0334. The quantitative estimate of drug-likeness (QED) is 0.503. The maximum Gasteiger partial charge on any atom is 0.416 e. The normalized spacial score (nSPS) is 21.2. The van der Waals surface area contributed by atoms with Crippen LogP contribution in [0, 0.1) is 11.8 Å². The molecule has 2 aliphatic rings. The van der Waals surface area contributed by atoms with E-state index >= 15 is 0 Å². The number of fused-ring (bicyclic) bond motifs is 1. The zero-order valence-electron chi connectivity index (χ0n) is 18.4. The second kappa shape index (κ2) is 8.97. The molecule has 2 nitrogen and oxygen atoms in total. The first-order chi connectivity index (χ1) is 15.2. The molecule has 0 spiro atoms. The number of rotatable bonds is 3. The van der Waals surface area contributed by atoms with Gasteiger partial charge in [0.25, 0.3) is 5.91 Å². The van der Waals surface area contributed by atoms with E-state index < -0.39 is 11.7 Å². The Kier molecular flexibility index (Phi) is 6.27. The van der Waals surface area contributed by atoms with Gasteiger partial charge in [0.2, 0.25) is 0 Å². The third kappa shape index (κ3) is 4.82. The van der Waals surface area contributed by atoms with E-state index in [0.29, 0.717) is 17.1 Å². The van der Waals surface area contributed by atoms with Crippen molar-refractivity contribution < 1.29 is 18.0 Å². The van der Waals surface area contributed by atoms with Gasteiger partial charge < -0.3 is 5.32 Å². The molecule has 2 unspecified atom stereocenters. The van der Waals surface area contributed by atoms with Crippen molar-refractivity contribution in [2.75, 3.05) is 5.32 Å². The Balaban J connectivity index is 1.62. The van der Waals surface area contributed by atoms with E-state index in [4.69, 9.17) is 0 Å². The monoisotopic (exact) mass is 439 g/mol. The number of anilines is 1. The van der Waals surface area contributed by atoms with Gasteiger partial charge in [-0.05, 0) is 90.5 Å². The van der Waals surface area contributed by atoms with Crippen molar-refractivity contribution in [1.82, 2.24) is 0 Å². The molecule has 2 atom stereocenters. The third-order valence-electron chi connectivity index (χ3n) is 6.60. The van der Waals surface area contributed by atoms with Gasteiger partial charge in [0, 0.05) is 11.3 Å². The second-order valence-electron chi connectivity index (χ2n) is 9.06. The molecule has 0 aliphatic heterocycles. The third-order valence-corrected chi connectivity index (χ3v) is 6.60. The van der Waals surface area contributed by atoms with Gasteiger partial charge in [0.1, 0.15) is 0 Å². The molecule has 0 radical (unpaired) electrons. The fourth-order valence-corrected chi connectivity index (χ4v) is 4.67. The molecule has 32 heavy (non-hydrogen) atoms. The minimum Gasteiger partial charge on any atom is -0.322 e. The molecule has 0 saturated heterocycles. The van der Waals surface area contributed by atoms with E-state index in [0.717, 1.165) is 49.1 Å². The number of allylic oxidation sites excluding steroid dienone is 2. The average molecular weight is 440 g/mol. The molecule has 4 rings (SSSR count). The zero-order valence-corrected chi connectivity index (χ0v) is 18.4. The van der Waals surface area contributed by atoms with Gasteiger partial charge in [0.05, 0.1) is 5.56 Å². The first kappa shape index (κ1) is 22.4. The van der Waals surface area contributed by atoms with Crippen LogP contribution < -0.4 is 5.32 Å². The lowest BCUT2D eigenvalue weighted by Gasteiger charge is -2.23. The summed E-state index contributed by atoms with van der Waals surface area (Å²) in [5.74, 6) is 0.501. The summed E-state index contributed by atoms with van der Waals surface area (Å²) in [5, 5.41) is 3.02. The molecule has 0 fully saturated rings. The largest absolute Gasteiger partial charge is 0.416 e. The van der Waals surface area contributed by atoms with E-state index in [2.05, 4.69) is 24.4 Å². The van der Waals surface area contributed by atoms with Crippen LogP contribution in [0.25, 0.3) is 5.57 Å². The average Bonchev–Trinajstić information content (AvgIpc) is 2.94. The highest BCUT2D eigenvalue weighted by molar-refractivity contribution is 6.11. The van der Waals surface area contributed by atoms with E-state index in [1.165, 1.54) is 29.7 Å². The van der Waals surface area contributed by atoms with Gasteiger partial charge in [-0.15, -0.1) is 0 Å². The highest BCUT2D eigenvalue weighted by atomic mass is 19.4. The summed E-state index contributed by atoms with van der Waals surface area (Å²) in [5.41, 5.74) is 4.64. The Morgan fingerprint density at radius 2 is 1.66 bits per heavy atom. The number of amides is 1. The molecule has 0 bridgehead atoms. The molecule has 2 aliphatic carbocycles. The van der Waals surface area contributed by atoms with Gasteiger partial charge in [-0.1, -0.05) is 44.2 Å². The number of carbonyl (C=O) groups excluding carboxylic acids is 1. The zero-order chi connectivity index (χ0) is 22.9. The molecule has 1 N–H and O–H groups in total. The van der Waals surface area contributed by atoms with Crippen molar-refractivity contribution in [3.8, 4) is 0 Å². The first-order valence-corrected chi connectivity index (χ1v) is 11.2. The van der Waals surface area contributed by atoms with E-state index in [1.807, 2.05) is 19.1 Å². The van der Waals surface area contributed by atoms with Gasteiger partial charge in [-0.2, -0.15) is 13.2 Å². The highest BCUT2D eigenvalue weighted by Gasteiger charge is 2.30. The molecule has 2 aromatic carbocycles. The summed E-state index contributed by atoms with van der Waals surface area (Å²) in [6, 6.07) is 11.2. The van der Waals surface area contributed by atoms with Crippen molar-refractivity contribution in [3.63, 3.8) is 0 Å². The molecule has 168 valence electrons. The fraction of sp³-hybridized carbons (Fsp3) is 0.370. The number of hydrogen-bond acceptors (Lipinski definition) is 1. The summed E-state index contributed by atoms with van der Waals surface area (Å²) in [6.45, 7) is 4.27. The van der Waals surface area contributed by atoms with Crippen molar-refractivity contribution >= 4 is 17.2 Å². The Bertz CT molecular complexity index is 1060. The van der Waals surface area contributed by atoms with Crippen LogP contribution in [-0.4, -0.2) is 5.91 Å². The van der Waals surface area contributed by atoms with Crippen LogP contribution in [0.2, 0.25) is 0 Å². The van der Waals surface area contributed by atoms with Gasteiger partial charge in [-0.25, -0.2) is 0 Å². The van der Waals surface area contributed by atoms with Crippen molar-refractivity contribution in [3.05, 3.63) is 82.4 Å². The van der Waals surface area contributed by atoms with Crippen LogP contribution in [0.4, 0.5) is 18.9 Å². The fourth-order valence-electron chi connectivity index (χ4n) is 4.67. The van der Waals surface area contributed by atoms with Crippen LogP contribution in [0.3, 0.4) is 0 Å². The topological polar surface area (TPSA) is 29.1 Å². The van der Waals surface area contributed by atoms with Gasteiger partial charge >= 0.3 is 6.18 Å². The number of alkyl halides is 3. The number of halogens is 3. The van der Waals surface area contributed by atoms with Gasteiger partial charge in [-0.3, -0.25) is 4.79 Å². The number of nitrogens with one attached hydrogen (secondary N) is 1. The summed E-state index contributed by atoms with van der Waals surface area (Å²) in [7, 11) is 0. The molecule has 1 amide bonds. The lowest BCUT2D eigenvalue weighted by molar-refractivity contribution is -0.137. The minimum atomic E-state index is -4.38. The Labute approximate surface area is 187 Å². The Hall–Kier alpha value is -2.82. The summed E-state index contributed by atoms with van der Waals surface area (Å²) in [4.78, 5) is 13.2. The first-order valence-electron chi connectivity index (χ1n) is 11.2. The highest BCUT2D eigenvalue weighted by Crippen LogP contribution is 2.36. The number of carbonyl (C=O) groups is 1. The maximum absolute atomic E-state index is 13.2. The molecule has 2 aromatic rings. The summed E-state index contributed by atoms with van der Waals surface area (Å²) >= 11 is 0. The van der Waals surface area contributed by atoms with Crippen molar-refractivity contribution in [1.29, 1.82) is 0 Å². The van der Waals surface area contributed by atoms with Crippen molar-refractivity contribution in [2.45, 2.75) is 52.1 Å². The smallest absolute Gasteiger partial charge is 0.322 e. The Morgan fingerprint density at radius 3 is 2.34 bits per heavy atom. The molecule has 0 saturated carbocycles. The van der Waals surface area contributed by atoms with E-state index in [1.54, 1.807) is 6.08 Å². The predicted molar refractivity (Wildman–Crippen MR) is 122 cm³/mol. The second-order valence-corrected chi connectivity index (χ2v) is 9.06. The number of aryl methyl sites for hydroxylation is 2. The summed E-state index contributed by atoms with van der Waals surface area (Å²) in [6.07, 6.45) is 4.50. The van der Waals surface area contributed by atoms with Crippen LogP contribution in [0.1, 0.15) is 55.4 Å². The van der Waals surface area contributed by atoms with Crippen LogP contribution >= 0.6 is 0 Å². The van der Waals surface area contributed by atoms with Crippen molar-refractivity contribution in [2.24, 2.45) is 11.8 Å². The SMILES string of the molecule is CC1CCc2ccc(NC(=O)C3=C(c4ccc(C(F)(F)F)cc4)C(C)CC=C3)cc2CC1. The number of benzene rings is 2. The predicted octanol–water partition coefficient (Wildman–Crippen LogP) is 7.21. The lowest BCUT2D eigenvalue weighted by atomic mass is 9.83. The molecular formula is C27H28F3NO. The van der Waals surface area contributed by atoms with Crippen LogP contribution in [-0.2, 0) is 23.8 Å². The molecular weight excluding hydrogens is 411 g/mol. The van der Waals surface area contributed by atoms with Crippen LogP contribution in [0.15, 0.2) is 60.2 Å². The molecule has 0 heterocycles. The molecule has 0 aromatic heterocycles. The Morgan fingerprint density at radius 1 is 0.969 bits per heavy atom. The lowest BCUT2D eigenvalue weighted by Crippen LogP contribution is -2.19. The van der Waals surface area contributed by atoms with Gasteiger partial charge in [0.15, 0.2) is 0 Å².